The number of fused-ring (bicyclic) bond motifs is 1. The minimum Gasteiger partial charge on any atom is -0.369 e. The number of aromatic nitrogens is 3. The zero-order valence-corrected chi connectivity index (χ0v) is 9.48. The maximum Gasteiger partial charge on any atom is 0.119 e. The van der Waals surface area contributed by atoms with Crippen LogP contribution < -0.4 is 5.73 Å². The molecule has 2 N–H and O–H groups in total. The average molecular weight is 236 g/mol. The Kier molecular flexibility index (Phi) is 2.47. The van der Waals surface area contributed by atoms with Crippen molar-refractivity contribution in [2.24, 2.45) is 5.73 Å². The Labute approximate surface area is 96.8 Å². The van der Waals surface area contributed by atoms with Gasteiger partial charge in [-0.15, -0.1) is 5.10 Å². The summed E-state index contributed by atoms with van der Waals surface area (Å²) in [6, 6.07) is 2.05. The van der Waals surface area contributed by atoms with E-state index in [-0.39, 0.29) is 6.10 Å². The van der Waals surface area contributed by atoms with E-state index >= 15 is 0 Å². The van der Waals surface area contributed by atoms with Gasteiger partial charge in [0.2, 0.25) is 0 Å². The summed E-state index contributed by atoms with van der Waals surface area (Å²) >= 11 is 1.66. The SMILES string of the molecule is NCC1Cn2nnc(-c3ccsc3)c2CO1. The van der Waals surface area contributed by atoms with Crippen molar-refractivity contribution in [2.45, 2.75) is 19.3 Å². The highest BCUT2D eigenvalue weighted by Crippen LogP contribution is 2.26. The number of nitrogens with two attached hydrogens (primary N) is 1. The zero-order chi connectivity index (χ0) is 11.0. The van der Waals surface area contributed by atoms with Gasteiger partial charge in [0, 0.05) is 17.5 Å². The third kappa shape index (κ3) is 1.55. The van der Waals surface area contributed by atoms with E-state index < -0.39 is 0 Å². The molecule has 0 saturated heterocycles. The quantitative estimate of drug-likeness (QED) is 0.840. The summed E-state index contributed by atoms with van der Waals surface area (Å²) < 4.78 is 7.53. The predicted molar refractivity (Wildman–Crippen MR) is 61.0 cm³/mol. The third-order valence-corrected chi connectivity index (χ3v) is 3.41. The predicted octanol–water partition coefficient (Wildman–Crippen LogP) is 0.864. The van der Waals surface area contributed by atoms with Gasteiger partial charge < -0.3 is 10.5 Å². The molecule has 2 aromatic rings. The van der Waals surface area contributed by atoms with Crippen LogP contribution in [0.3, 0.4) is 0 Å². The van der Waals surface area contributed by atoms with Crippen LogP contribution in [-0.4, -0.2) is 27.6 Å². The van der Waals surface area contributed by atoms with E-state index in [1.54, 1.807) is 11.3 Å². The molecule has 1 unspecified atom stereocenters. The molecule has 1 atom stereocenters. The molecule has 3 heterocycles. The molecule has 2 aromatic heterocycles. The molecule has 84 valence electrons. The van der Waals surface area contributed by atoms with Crippen molar-refractivity contribution >= 4 is 11.3 Å². The van der Waals surface area contributed by atoms with E-state index in [2.05, 4.69) is 15.7 Å². The standard InChI is InChI=1S/C10H12N4OS/c11-3-8-4-14-9(5-15-8)10(12-13-14)7-1-2-16-6-7/h1-2,6,8H,3-5,11H2. The number of nitrogens with zero attached hydrogens (tertiary/aromatic N) is 3. The number of rotatable bonds is 2. The molecule has 1 aliphatic heterocycles. The molecule has 6 heteroatoms. The van der Waals surface area contributed by atoms with Crippen molar-refractivity contribution in [1.29, 1.82) is 0 Å². The summed E-state index contributed by atoms with van der Waals surface area (Å²) in [5, 5.41) is 12.5. The first kappa shape index (κ1) is 9.95. The molecule has 0 spiro atoms. The fourth-order valence-corrected chi connectivity index (χ4v) is 2.47. The normalized spacial score (nSPS) is 19.7. The molecule has 0 aromatic carbocycles. The van der Waals surface area contributed by atoms with E-state index in [4.69, 9.17) is 10.5 Å². The van der Waals surface area contributed by atoms with E-state index in [9.17, 15) is 0 Å². The van der Waals surface area contributed by atoms with Crippen LogP contribution in [0.1, 0.15) is 5.69 Å². The van der Waals surface area contributed by atoms with Crippen LogP contribution in [0.5, 0.6) is 0 Å². The lowest BCUT2D eigenvalue weighted by atomic mass is 10.2. The summed E-state index contributed by atoms with van der Waals surface area (Å²) in [6.07, 6.45) is 0.0597. The molecule has 0 aliphatic carbocycles. The Morgan fingerprint density at radius 3 is 3.31 bits per heavy atom. The lowest BCUT2D eigenvalue weighted by molar-refractivity contribution is 0.00639. The minimum absolute atomic E-state index is 0.0597. The monoisotopic (exact) mass is 236 g/mol. The first-order valence-corrected chi connectivity index (χ1v) is 6.09. The van der Waals surface area contributed by atoms with Crippen molar-refractivity contribution in [2.75, 3.05) is 6.54 Å². The van der Waals surface area contributed by atoms with Gasteiger partial charge in [-0.3, -0.25) is 0 Å². The smallest absolute Gasteiger partial charge is 0.119 e. The lowest BCUT2D eigenvalue weighted by Crippen LogP contribution is -2.33. The minimum atomic E-state index is 0.0597. The van der Waals surface area contributed by atoms with Crippen LogP contribution in [-0.2, 0) is 17.9 Å². The summed E-state index contributed by atoms with van der Waals surface area (Å²) in [5.41, 5.74) is 8.66. The second kappa shape index (κ2) is 3.97. The van der Waals surface area contributed by atoms with Gasteiger partial charge in [0.1, 0.15) is 5.69 Å². The van der Waals surface area contributed by atoms with E-state index in [1.807, 2.05) is 16.1 Å². The topological polar surface area (TPSA) is 66.0 Å². The molecule has 3 rings (SSSR count). The molecule has 0 amide bonds. The van der Waals surface area contributed by atoms with Gasteiger partial charge in [0.25, 0.3) is 0 Å². The molecule has 0 fully saturated rings. The fourth-order valence-electron chi connectivity index (χ4n) is 1.83. The first-order chi connectivity index (χ1) is 7.88. The Hall–Kier alpha value is -1.24. The second-order valence-corrected chi connectivity index (χ2v) is 4.53. The van der Waals surface area contributed by atoms with Gasteiger partial charge in [0.15, 0.2) is 0 Å². The lowest BCUT2D eigenvalue weighted by Gasteiger charge is -2.22. The van der Waals surface area contributed by atoms with Crippen LogP contribution in [0, 0.1) is 0 Å². The molecule has 0 saturated carbocycles. The Morgan fingerprint density at radius 1 is 1.62 bits per heavy atom. The van der Waals surface area contributed by atoms with Gasteiger partial charge in [0.05, 0.1) is 24.9 Å². The van der Waals surface area contributed by atoms with Gasteiger partial charge in [-0.05, 0) is 11.4 Å². The van der Waals surface area contributed by atoms with Gasteiger partial charge >= 0.3 is 0 Å². The van der Waals surface area contributed by atoms with Crippen molar-refractivity contribution in [3.63, 3.8) is 0 Å². The molecule has 16 heavy (non-hydrogen) atoms. The van der Waals surface area contributed by atoms with Gasteiger partial charge in [-0.1, -0.05) is 5.21 Å². The zero-order valence-electron chi connectivity index (χ0n) is 8.67. The number of hydrogen-bond acceptors (Lipinski definition) is 5. The highest BCUT2D eigenvalue weighted by molar-refractivity contribution is 7.08. The highest BCUT2D eigenvalue weighted by Gasteiger charge is 2.23. The van der Waals surface area contributed by atoms with Gasteiger partial charge in [-0.2, -0.15) is 11.3 Å². The first-order valence-electron chi connectivity index (χ1n) is 5.15. The largest absolute Gasteiger partial charge is 0.369 e. The van der Waals surface area contributed by atoms with Crippen LogP contribution in [0.15, 0.2) is 16.8 Å². The molecule has 0 bridgehead atoms. The maximum atomic E-state index is 5.63. The molecule has 5 nitrogen and oxygen atoms in total. The third-order valence-electron chi connectivity index (χ3n) is 2.73. The molecule has 1 aliphatic rings. The summed E-state index contributed by atoms with van der Waals surface area (Å²) in [4.78, 5) is 0. The van der Waals surface area contributed by atoms with Crippen LogP contribution in [0.2, 0.25) is 0 Å². The fraction of sp³-hybridized carbons (Fsp3) is 0.400. The van der Waals surface area contributed by atoms with Crippen molar-refractivity contribution in [3.05, 3.63) is 22.5 Å². The van der Waals surface area contributed by atoms with Gasteiger partial charge in [-0.25, -0.2) is 4.68 Å². The Balaban J connectivity index is 1.97. The Bertz CT molecular complexity index is 479. The summed E-state index contributed by atoms with van der Waals surface area (Å²) in [6.45, 7) is 1.76. The Morgan fingerprint density at radius 2 is 2.56 bits per heavy atom. The van der Waals surface area contributed by atoms with Crippen LogP contribution >= 0.6 is 11.3 Å². The highest BCUT2D eigenvalue weighted by atomic mass is 32.1. The van der Waals surface area contributed by atoms with Crippen molar-refractivity contribution in [3.8, 4) is 11.3 Å². The molecule has 0 radical (unpaired) electrons. The number of ether oxygens (including phenoxy) is 1. The summed E-state index contributed by atoms with van der Waals surface area (Å²) in [5.74, 6) is 0. The number of thiophene rings is 1. The molecular weight excluding hydrogens is 224 g/mol. The maximum absolute atomic E-state index is 5.63. The summed E-state index contributed by atoms with van der Waals surface area (Å²) in [7, 11) is 0. The second-order valence-electron chi connectivity index (χ2n) is 3.75. The van der Waals surface area contributed by atoms with Crippen molar-refractivity contribution < 1.29 is 4.74 Å². The number of hydrogen-bond donors (Lipinski definition) is 1. The van der Waals surface area contributed by atoms with Crippen LogP contribution in [0.25, 0.3) is 11.3 Å². The van der Waals surface area contributed by atoms with Crippen molar-refractivity contribution in [1.82, 2.24) is 15.0 Å². The van der Waals surface area contributed by atoms with Crippen LogP contribution in [0.4, 0.5) is 0 Å². The van der Waals surface area contributed by atoms with E-state index in [1.165, 1.54) is 0 Å². The molecular formula is C10H12N4OS. The van der Waals surface area contributed by atoms with E-state index in [0.29, 0.717) is 19.7 Å². The van der Waals surface area contributed by atoms with E-state index in [0.717, 1.165) is 17.0 Å². The average Bonchev–Trinajstić information content (AvgIpc) is 2.96.